The van der Waals surface area contributed by atoms with E-state index in [-0.39, 0.29) is 5.56 Å². The zero-order chi connectivity index (χ0) is 11.6. The summed E-state index contributed by atoms with van der Waals surface area (Å²) >= 11 is 0. The molecule has 82 valence electrons. The van der Waals surface area contributed by atoms with E-state index in [1.807, 2.05) is 0 Å². The van der Waals surface area contributed by atoms with Gasteiger partial charge in [-0.25, -0.2) is 4.79 Å². The van der Waals surface area contributed by atoms with E-state index in [2.05, 4.69) is 0 Å². The Kier molecular flexibility index (Phi) is 3.04. The van der Waals surface area contributed by atoms with Gasteiger partial charge in [0.15, 0.2) is 0 Å². The van der Waals surface area contributed by atoms with Crippen molar-refractivity contribution >= 4 is 5.97 Å². The summed E-state index contributed by atoms with van der Waals surface area (Å²) in [5.41, 5.74) is 6.19. The fourth-order valence-electron chi connectivity index (χ4n) is 1.12. The van der Waals surface area contributed by atoms with Crippen LogP contribution in [-0.2, 0) is 4.79 Å². The van der Waals surface area contributed by atoms with Gasteiger partial charge in [0.05, 0.1) is 0 Å². The minimum Gasteiger partial charge on any atom is -0.477 e. The summed E-state index contributed by atoms with van der Waals surface area (Å²) in [7, 11) is 0. The highest BCUT2D eigenvalue weighted by atomic mass is 19.3. The molecule has 0 bridgehead atoms. The standard InChI is InChI=1S/C10H11F2NO2/c1-6-2-4-7(5-3-6)8(13)10(11,12)9(14)15/h2-5,8H,13H2,1H3,(H,14,15)/t8-/m1/s1. The predicted molar refractivity (Wildman–Crippen MR) is 50.7 cm³/mol. The first-order valence-corrected chi connectivity index (χ1v) is 4.29. The van der Waals surface area contributed by atoms with E-state index in [1.165, 1.54) is 12.1 Å². The molecule has 3 nitrogen and oxygen atoms in total. The third kappa shape index (κ3) is 2.30. The number of carboxylic acid groups (broad SMARTS) is 1. The predicted octanol–water partition coefficient (Wildman–Crippen LogP) is 1.71. The Morgan fingerprint density at radius 2 is 1.87 bits per heavy atom. The van der Waals surface area contributed by atoms with Crippen LogP contribution in [0.15, 0.2) is 24.3 Å². The molecule has 1 aromatic carbocycles. The van der Waals surface area contributed by atoms with Crippen molar-refractivity contribution in [2.24, 2.45) is 5.73 Å². The molecule has 15 heavy (non-hydrogen) atoms. The SMILES string of the molecule is Cc1ccc([C@@H](N)C(F)(F)C(=O)O)cc1. The van der Waals surface area contributed by atoms with Gasteiger partial charge in [-0.05, 0) is 12.5 Å². The van der Waals surface area contributed by atoms with Gasteiger partial charge in [0.25, 0.3) is 0 Å². The summed E-state index contributed by atoms with van der Waals surface area (Å²) in [6.07, 6.45) is 0. The molecule has 0 saturated carbocycles. The molecular formula is C10H11F2NO2. The molecule has 0 radical (unpaired) electrons. The van der Waals surface area contributed by atoms with Crippen molar-refractivity contribution in [3.63, 3.8) is 0 Å². The zero-order valence-corrected chi connectivity index (χ0v) is 8.08. The lowest BCUT2D eigenvalue weighted by atomic mass is 10.0. The molecule has 0 aromatic heterocycles. The van der Waals surface area contributed by atoms with E-state index in [1.54, 1.807) is 19.1 Å². The maximum absolute atomic E-state index is 13.0. The average molecular weight is 215 g/mol. The number of halogens is 2. The first-order chi connectivity index (χ1) is 6.85. The van der Waals surface area contributed by atoms with Gasteiger partial charge >= 0.3 is 11.9 Å². The second-order valence-corrected chi connectivity index (χ2v) is 3.32. The Balaban J connectivity index is 2.99. The number of alkyl halides is 2. The zero-order valence-electron chi connectivity index (χ0n) is 8.08. The summed E-state index contributed by atoms with van der Waals surface area (Å²) in [6.45, 7) is 1.80. The van der Waals surface area contributed by atoms with E-state index in [9.17, 15) is 13.6 Å². The van der Waals surface area contributed by atoms with E-state index in [4.69, 9.17) is 10.8 Å². The number of aliphatic carboxylic acids is 1. The van der Waals surface area contributed by atoms with Crippen molar-refractivity contribution in [1.82, 2.24) is 0 Å². The number of carboxylic acids is 1. The number of rotatable bonds is 3. The molecule has 1 rings (SSSR count). The highest BCUT2D eigenvalue weighted by molar-refractivity contribution is 5.76. The Labute approximate surface area is 85.5 Å². The number of nitrogens with two attached hydrogens (primary N) is 1. The van der Waals surface area contributed by atoms with Crippen molar-refractivity contribution < 1.29 is 18.7 Å². The maximum atomic E-state index is 13.0. The highest BCUT2D eigenvalue weighted by Crippen LogP contribution is 2.29. The Morgan fingerprint density at radius 1 is 1.40 bits per heavy atom. The summed E-state index contributed by atoms with van der Waals surface area (Å²) < 4.78 is 26.0. The first-order valence-electron chi connectivity index (χ1n) is 4.29. The topological polar surface area (TPSA) is 63.3 Å². The summed E-state index contributed by atoms with van der Waals surface area (Å²) in [5.74, 6) is -6.16. The lowest BCUT2D eigenvalue weighted by molar-refractivity contribution is -0.168. The van der Waals surface area contributed by atoms with Crippen LogP contribution in [0.3, 0.4) is 0 Å². The molecule has 0 fully saturated rings. The smallest absolute Gasteiger partial charge is 0.376 e. The van der Waals surface area contributed by atoms with Gasteiger partial charge in [-0.2, -0.15) is 8.78 Å². The van der Waals surface area contributed by atoms with E-state index < -0.39 is 17.9 Å². The van der Waals surface area contributed by atoms with Crippen LogP contribution in [-0.4, -0.2) is 17.0 Å². The van der Waals surface area contributed by atoms with Gasteiger partial charge < -0.3 is 10.8 Å². The van der Waals surface area contributed by atoms with Gasteiger partial charge in [0.2, 0.25) is 0 Å². The van der Waals surface area contributed by atoms with Gasteiger partial charge in [-0.1, -0.05) is 29.8 Å². The molecule has 0 aliphatic rings. The molecule has 0 spiro atoms. The molecule has 1 aromatic rings. The van der Waals surface area contributed by atoms with Crippen molar-refractivity contribution in [3.8, 4) is 0 Å². The van der Waals surface area contributed by atoms with Crippen LogP contribution < -0.4 is 5.73 Å². The largest absolute Gasteiger partial charge is 0.477 e. The number of hydrogen-bond donors (Lipinski definition) is 2. The monoisotopic (exact) mass is 215 g/mol. The molecule has 0 heterocycles. The van der Waals surface area contributed by atoms with Crippen molar-refractivity contribution in [3.05, 3.63) is 35.4 Å². The number of benzene rings is 1. The lowest BCUT2D eigenvalue weighted by Gasteiger charge is -2.19. The van der Waals surface area contributed by atoms with Crippen LogP contribution >= 0.6 is 0 Å². The van der Waals surface area contributed by atoms with Crippen LogP contribution in [0.1, 0.15) is 17.2 Å². The molecule has 0 saturated heterocycles. The van der Waals surface area contributed by atoms with E-state index in [0.717, 1.165) is 5.56 Å². The van der Waals surface area contributed by atoms with E-state index in [0.29, 0.717) is 0 Å². The van der Waals surface area contributed by atoms with Gasteiger partial charge in [-0.15, -0.1) is 0 Å². The van der Waals surface area contributed by atoms with Gasteiger partial charge in [0.1, 0.15) is 6.04 Å². The van der Waals surface area contributed by atoms with Crippen LogP contribution in [0.5, 0.6) is 0 Å². The number of hydrogen-bond acceptors (Lipinski definition) is 2. The second kappa shape index (κ2) is 3.94. The molecule has 0 aliphatic carbocycles. The molecule has 1 atom stereocenters. The van der Waals surface area contributed by atoms with Crippen LogP contribution in [0.4, 0.5) is 8.78 Å². The fraction of sp³-hybridized carbons (Fsp3) is 0.300. The Hall–Kier alpha value is -1.49. The van der Waals surface area contributed by atoms with Gasteiger partial charge in [-0.3, -0.25) is 0 Å². The molecule has 3 N–H and O–H groups in total. The van der Waals surface area contributed by atoms with E-state index >= 15 is 0 Å². The third-order valence-corrected chi connectivity index (χ3v) is 2.11. The molecular weight excluding hydrogens is 204 g/mol. The Bertz CT molecular complexity index is 362. The first kappa shape index (κ1) is 11.6. The minimum absolute atomic E-state index is 0.105. The quantitative estimate of drug-likeness (QED) is 0.806. The van der Waals surface area contributed by atoms with Crippen molar-refractivity contribution in [2.45, 2.75) is 18.9 Å². The highest BCUT2D eigenvalue weighted by Gasteiger charge is 2.46. The summed E-state index contributed by atoms with van der Waals surface area (Å²) in [6, 6.07) is 4.18. The van der Waals surface area contributed by atoms with Crippen LogP contribution in [0, 0.1) is 6.92 Å². The lowest BCUT2D eigenvalue weighted by Crippen LogP contribution is -2.40. The molecule has 0 unspecified atom stereocenters. The van der Waals surface area contributed by atoms with Crippen molar-refractivity contribution in [2.75, 3.05) is 0 Å². The summed E-state index contributed by atoms with van der Waals surface area (Å²) in [4.78, 5) is 10.3. The van der Waals surface area contributed by atoms with Crippen LogP contribution in [0.25, 0.3) is 0 Å². The third-order valence-electron chi connectivity index (χ3n) is 2.11. The minimum atomic E-state index is -3.95. The van der Waals surface area contributed by atoms with Crippen LogP contribution in [0.2, 0.25) is 0 Å². The number of carbonyl (C=O) groups is 1. The average Bonchev–Trinajstić information content (AvgIpc) is 2.17. The molecule has 5 heteroatoms. The normalized spacial score (nSPS) is 13.6. The fourth-order valence-corrected chi connectivity index (χ4v) is 1.12. The van der Waals surface area contributed by atoms with Gasteiger partial charge in [0, 0.05) is 0 Å². The maximum Gasteiger partial charge on any atom is 0.376 e. The number of aryl methyl sites for hydroxylation is 1. The molecule has 0 amide bonds. The van der Waals surface area contributed by atoms with Crippen molar-refractivity contribution in [1.29, 1.82) is 0 Å². The second-order valence-electron chi connectivity index (χ2n) is 3.32. The summed E-state index contributed by atoms with van der Waals surface area (Å²) in [5, 5.41) is 8.30. The Morgan fingerprint density at radius 3 is 2.27 bits per heavy atom. The molecule has 0 aliphatic heterocycles.